The van der Waals surface area contributed by atoms with Crippen LogP contribution in [0.25, 0.3) is 0 Å². The molecule has 208 valence electrons. The zero-order valence-electron chi connectivity index (χ0n) is 23.6. The van der Waals surface area contributed by atoms with Crippen LogP contribution in [-0.2, 0) is 22.4 Å². The van der Waals surface area contributed by atoms with E-state index < -0.39 is 5.60 Å². The van der Waals surface area contributed by atoms with E-state index in [1.165, 1.54) is 5.56 Å². The van der Waals surface area contributed by atoms with Gasteiger partial charge in [0.1, 0.15) is 11.4 Å². The zero-order valence-corrected chi connectivity index (χ0v) is 23.6. The number of nitrogens with one attached hydrogen (secondary N) is 1. The molecule has 1 aromatic heterocycles. The highest BCUT2D eigenvalue weighted by atomic mass is 16.6. The number of fused-ring (bicyclic) bond motifs is 1. The highest BCUT2D eigenvalue weighted by Gasteiger charge is 2.37. The molecule has 4 rings (SSSR count). The van der Waals surface area contributed by atoms with Gasteiger partial charge in [0.25, 0.3) is 0 Å². The molecular formula is C27H46N6O4. The Morgan fingerprint density at radius 3 is 2.49 bits per heavy atom. The molecule has 1 amide bonds. The average Bonchev–Trinajstić information content (AvgIpc) is 2.85. The molecule has 2 saturated heterocycles. The Balaban J connectivity index is 1.48. The number of rotatable bonds is 7. The lowest BCUT2D eigenvalue weighted by molar-refractivity contribution is 0.00557. The molecule has 10 nitrogen and oxygen atoms in total. The monoisotopic (exact) mass is 518 g/mol. The number of hydrogen-bond acceptors (Lipinski definition) is 9. The van der Waals surface area contributed by atoms with Crippen LogP contribution in [0.4, 0.5) is 10.6 Å². The number of aromatic nitrogens is 2. The summed E-state index contributed by atoms with van der Waals surface area (Å²) in [6.45, 7) is 19.3. The molecule has 3 aliphatic heterocycles. The Morgan fingerprint density at radius 1 is 1.14 bits per heavy atom. The van der Waals surface area contributed by atoms with Crippen LogP contribution in [0.2, 0.25) is 0 Å². The maximum absolute atomic E-state index is 12.9. The molecule has 3 aliphatic rings. The topological polar surface area (TPSA) is 92.3 Å². The standard InChI is InChI=1S/C27H46N6O4/c1-7-21-15-22-23(16-28-21)29-25(36-12-8-9-31-10-13-35-14-11-31)30-24(22)32-17-19(2)33(20(3)18-32)26(34)37-27(4,5)6/h19-21,28H,7-18H2,1-6H3/t19-,20+,21-/m0/s1. The Bertz CT molecular complexity index is 905. The molecule has 1 aromatic rings. The summed E-state index contributed by atoms with van der Waals surface area (Å²) < 4.78 is 17.2. The van der Waals surface area contributed by atoms with E-state index in [1.54, 1.807) is 0 Å². The molecule has 0 aromatic carbocycles. The Hall–Kier alpha value is -2.17. The Kier molecular flexibility index (Phi) is 9.13. The quantitative estimate of drug-likeness (QED) is 0.547. The van der Waals surface area contributed by atoms with Crippen molar-refractivity contribution < 1.29 is 19.0 Å². The molecule has 37 heavy (non-hydrogen) atoms. The van der Waals surface area contributed by atoms with Crippen LogP contribution in [0.5, 0.6) is 6.01 Å². The lowest BCUT2D eigenvalue weighted by atomic mass is 9.97. The lowest BCUT2D eigenvalue weighted by Gasteiger charge is -2.45. The third-order valence-corrected chi connectivity index (χ3v) is 7.33. The van der Waals surface area contributed by atoms with Gasteiger partial charge in [0.05, 0.1) is 37.6 Å². The summed E-state index contributed by atoms with van der Waals surface area (Å²) in [5.41, 5.74) is 1.71. The SMILES string of the molecule is CC[C@H]1Cc2c(nc(OCCCN3CCOCC3)nc2N2C[C@@H](C)N(C(=O)OC(C)(C)C)[C@@H](C)C2)CN1. The van der Waals surface area contributed by atoms with E-state index in [9.17, 15) is 4.79 Å². The number of hydrogen-bond donors (Lipinski definition) is 1. The summed E-state index contributed by atoms with van der Waals surface area (Å²) >= 11 is 0. The Labute approximate surface area is 222 Å². The zero-order chi connectivity index (χ0) is 26.6. The van der Waals surface area contributed by atoms with Crippen molar-refractivity contribution in [3.05, 3.63) is 11.3 Å². The fourth-order valence-electron chi connectivity index (χ4n) is 5.47. The first-order valence-corrected chi connectivity index (χ1v) is 14.0. The van der Waals surface area contributed by atoms with Crippen LogP contribution < -0.4 is 15.0 Å². The van der Waals surface area contributed by atoms with Crippen molar-refractivity contribution in [1.29, 1.82) is 0 Å². The molecule has 0 unspecified atom stereocenters. The molecule has 0 spiro atoms. The van der Waals surface area contributed by atoms with E-state index in [1.807, 2.05) is 25.7 Å². The molecule has 1 N–H and O–H groups in total. The van der Waals surface area contributed by atoms with Crippen molar-refractivity contribution >= 4 is 11.9 Å². The van der Waals surface area contributed by atoms with Gasteiger partial charge < -0.3 is 24.4 Å². The number of carbonyl (C=O) groups excluding carboxylic acids is 1. The molecule has 0 aliphatic carbocycles. The highest BCUT2D eigenvalue weighted by molar-refractivity contribution is 5.70. The summed E-state index contributed by atoms with van der Waals surface area (Å²) in [6, 6.07) is 0.840. The number of carbonyl (C=O) groups is 1. The molecule has 3 atom stereocenters. The van der Waals surface area contributed by atoms with E-state index in [2.05, 4.69) is 35.9 Å². The van der Waals surface area contributed by atoms with E-state index in [-0.39, 0.29) is 18.2 Å². The smallest absolute Gasteiger partial charge is 0.410 e. The summed E-state index contributed by atoms with van der Waals surface area (Å²) in [5, 5.41) is 3.60. The van der Waals surface area contributed by atoms with Crippen LogP contribution in [0, 0.1) is 0 Å². The number of amides is 1. The maximum Gasteiger partial charge on any atom is 0.410 e. The van der Waals surface area contributed by atoms with E-state index in [0.29, 0.717) is 31.7 Å². The summed E-state index contributed by atoms with van der Waals surface area (Å²) in [6.07, 6.45) is 2.62. The van der Waals surface area contributed by atoms with Crippen molar-refractivity contribution in [3.8, 4) is 6.01 Å². The molecule has 0 bridgehead atoms. The molecule has 10 heteroatoms. The molecule has 0 radical (unpaired) electrons. The number of nitrogens with zero attached hydrogens (tertiary/aromatic N) is 5. The van der Waals surface area contributed by atoms with Gasteiger partial charge in [-0.1, -0.05) is 6.92 Å². The number of ether oxygens (including phenoxy) is 3. The first-order valence-electron chi connectivity index (χ1n) is 14.0. The first-order chi connectivity index (χ1) is 17.6. The van der Waals surface area contributed by atoms with E-state index >= 15 is 0 Å². The van der Waals surface area contributed by atoms with Gasteiger partial charge >= 0.3 is 12.1 Å². The minimum absolute atomic E-state index is 0.00852. The van der Waals surface area contributed by atoms with E-state index in [4.69, 9.17) is 24.2 Å². The molecule has 4 heterocycles. The normalized spacial score (nSPS) is 25.1. The van der Waals surface area contributed by atoms with Gasteiger partial charge in [0.15, 0.2) is 0 Å². The van der Waals surface area contributed by atoms with Gasteiger partial charge in [-0.2, -0.15) is 9.97 Å². The average molecular weight is 519 g/mol. The van der Waals surface area contributed by atoms with Crippen LogP contribution in [0.3, 0.4) is 0 Å². The van der Waals surface area contributed by atoms with Gasteiger partial charge in [0, 0.05) is 50.9 Å². The van der Waals surface area contributed by atoms with Crippen molar-refractivity contribution in [2.75, 3.05) is 57.4 Å². The number of morpholine rings is 1. The second-order valence-electron chi connectivity index (χ2n) is 11.6. The lowest BCUT2D eigenvalue weighted by Crippen LogP contribution is -2.60. The molecule has 0 saturated carbocycles. The van der Waals surface area contributed by atoms with Crippen molar-refractivity contribution in [2.24, 2.45) is 0 Å². The number of anilines is 1. The summed E-state index contributed by atoms with van der Waals surface area (Å²) in [5.74, 6) is 0.954. The maximum atomic E-state index is 12.9. The van der Waals surface area contributed by atoms with Crippen LogP contribution in [0.15, 0.2) is 0 Å². The second kappa shape index (κ2) is 12.1. The van der Waals surface area contributed by atoms with E-state index in [0.717, 1.165) is 70.2 Å². The van der Waals surface area contributed by atoms with Gasteiger partial charge in [0.2, 0.25) is 0 Å². The van der Waals surface area contributed by atoms with Crippen LogP contribution >= 0.6 is 0 Å². The predicted octanol–water partition coefficient (Wildman–Crippen LogP) is 2.84. The van der Waals surface area contributed by atoms with Crippen molar-refractivity contribution in [1.82, 2.24) is 25.1 Å². The third-order valence-electron chi connectivity index (χ3n) is 7.33. The fraction of sp³-hybridized carbons (Fsp3) is 0.815. The van der Waals surface area contributed by atoms with Gasteiger partial charge in [-0.05, 0) is 53.9 Å². The fourth-order valence-corrected chi connectivity index (χ4v) is 5.47. The van der Waals surface area contributed by atoms with Gasteiger partial charge in [-0.15, -0.1) is 0 Å². The minimum Gasteiger partial charge on any atom is -0.463 e. The summed E-state index contributed by atoms with van der Waals surface area (Å²) in [7, 11) is 0. The summed E-state index contributed by atoms with van der Waals surface area (Å²) in [4.78, 5) is 29.3. The third kappa shape index (κ3) is 7.23. The predicted molar refractivity (Wildman–Crippen MR) is 143 cm³/mol. The van der Waals surface area contributed by atoms with Gasteiger partial charge in [-0.3, -0.25) is 9.80 Å². The second-order valence-corrected chi connectivity index (χ2v) is 11.6. The Morgan fingerprint density at radius 2 is 1.84 bits per heavy atom. The van der Waals surface area contributed by atoms with Crippen LogP contribution in [0.1, 0.15) is 65.6 Å². The van der Waals surface area contributed by atoms with Gasteiger partial charge in [-0.25, -0.2) is 4.79 Å². The van der Waals surface area contributed by atoms with Crippen molar-refractivity contribution in [3.63, 3.8) is 0 Å². The minimum atomic E-state index is -0.518. The molecule has 2 fully saturated rings. The highest BCUT2D eigenvalue weighted by Crippen LogP contribution is 2.31. The largest absolute Gasteiger partial charge is 0.463 e. The molecular weight excluding hydrogens is 472 g/mol. The van der Waals surface area contributed by atoms with Crippen LogP contribution in [-0.4, -0.2) is 102 Å². The first kappa shape index (κ1) is 27.9. The number of piperazine rings is 1. The van der Waals surface area contributed by atoms with Crippen molar-refractivity contribution in [2.45, 2.75) is 91.1 Å².